The summed E-state index contributed by atoms with van der Waals surface area (Å²) in [6.45, 7) is 3.03. The van der Waals surface area contributed by atoms with Crippen LogP contribution in [0.1, 0.15) is 41.2 Å². The Bertz CT molecular complexity index is 1410. The summed E-state index contributed by atoms with van der Waals surface area (Å²) < 4.78 is 47.0. The van der Waals surface area contributed by atoms with E-state index in [1.807, 2.05) is 60.7 Å². The van der Waals surface area contributed by atoms with Gasteiger partial charge in [-0.3, -0.25) is 9.69 Å². The third kappa shape index (κ3) is 8.06. The predicted molar refractivity (Wildman–Crippen MR) is 161 cm³/mol. The number of halogens is 5. The van der Waals surface area contributed by atoms with E-state index in [-0.39, 0.29) is 30.4 Å². The molecule has 0 aliphatic carbocycles. The highest BCUT2D eigenvalue weighted by molar-refractivity contribution is 6.32. The minimum atomic E-state index is -4.57. The second-order valence-corrected chi connectivity index (χ2v) is 10.3. The number of carboxylic acid groups (broad SMARTS) is 1. The van der Waals surface area contributed by atoms with Gasteiger partial charge in [-0.05, 0) is 53.8 Å². The molecule has 0 fully saturated rings. The molecule has 0 bridgehead atoms. The van der Waals surface area contributed by atoms with Crippen molar-refractivity contribution in [3.8, 4) is 5.75 Å². The van der Waals surface area contributed by atoms with Gasteiger partial charge >= 0.3 is 12.1 Å². The van der Waals surface area contributed by atoms with Crippen molar-refractivity contribution in [2.75, 3.05) is 13.2 Å². The van der Waals surface area contributed by atoms with E-state index in [4.69, 9.17) is 21.4 Å². The normalized spacial score (nSPS) is 11.7. The highest BCUT2D eigenvalue weighted by Crippen LogP contribution is 2.40. The minimum Gasteiger partial charge on any atom is -0.494 e. The van der Waals surface area contributed by atoms with Crippen molar-refractivity contribution in [3.05, 3.63) is 136 Å². The number of benzene rings is 4. The zero-order valence-electron chi connectivity index (χ0n) is 23.0. The van der Waals surface area contributed by atoms with Crippen molar-refractivity contribution in [2.45, 2.75) is 38.0 Å². The first-order valence-corrected chi connectivity index (χ1v) is 13.6. The third-order valence-electron chi connectivity index (χ3n) is 7.14. The summed E-state index contributed by atoms with van der Waals surface area (Å²) in [5.74, 6) is -0.364. The van der Waals surface area contributed by atoms with Crippen LogP contribution in [-0.4, -0.2) is 29.1 Å². The largest absolute Gasteiger partial charge is 0.494 e. The van der Waals surface area contributed by atoms with Crippen molar-refractivity contribution in [3.63, 3.8) is 0 Å². The molecule has 0 unspecified atom stereocenters. The number of alkyl halides is 3. The number of aliphatic carboxylic acids is 1. The topological polar surface area (TPSA) is 49.8 Å². The summed E-state index contributed by atoms with van der Waals surface area (Å²) in [6, 6.07) is 30.6. The molecule has 0 aliphatic heterocycles. The van der Waals surface area contributed by atoms with Crippen LogP contribution in [0.15, 0.2) is 103 Å². The van der Waals surface area contributed by atoms with Gasteiger partial charge in [0.1, 0.15) is 5.75 Å². The van der Waals surface area contributed by atoms with Gasteiger partial charge in [-0.1, -0.05) is 96.5 Å². The van der Waals surface area contributed by atoms with E-state index in [9.17, 15) is 18.0 Å². The third-order valence-corrected chi connectivity index (χ3v) is 7.59. The molecule has 9 heteroatoms. The van der Waals surface area contributed by atoms with E-state index in [0.29, 0.717) is 36.4 Å². The molecule has 4 nitrogen and oxygen atoms in total. The Morgan fingerprint density at radius 1 is 0.881 bits per heavy atom. The number of ether oxygens (including phenoxy) is 1. The highest BCUT2D eigenvalue weighted by Gasteiger charge is 2.37. The number of nitrogens with zero attached hydrogens (tertiary/aromatic N) is 1. The zero-order chi connectivity index (χ0) is 29.5. The maximum absolute atomic E-state index is 13.7. The van der Waals surface area contributed by atoms with Crippen LogP contribution < -0.4 is 4.74 Å². The molecule has 4 rings (SSSR count). The first-order valence-electron chi connectivity index (χ1n) is 13.2. The maximum Gasteiger partial charge on any atom is 0.417 e. The van der Waals surface area contributed by atoms with Gasteiger partial charge in [-0.2, -0.15) is 13.2 Å². The van der Waals surface area contributed by atoms with Crippen LogP contribution in [0.2, 0.25) is 5.02 Å². The first-order chi connectivity index (χ1) is 19.6. The van der Waals surface area contributed by atoms with Crippen molar-refractivity contribution < 1.29 is 27.8 Å². The van der Waals surface area contributed by atoms with Gasteiger partial charge in [0.05, 0.1) is 29.2 Å². The molecule has 0 atom stereocenters. The molecule has 4 aromatic carbocycles. The van der Waals surface area contributed by atoms with E-state index >= 15 is 0 Å². The Hall–Kier alpha value is -3.52. The minimum absolute atomic E-state index is 0. The molecule has 42 heavy (non-hydrogen) atoms. The Morgan fingerprint density at radius 3 is 2.05 bits per heavy atom. The molecule has 1 N–H and O–H groups in total. The molecular weight excluding hydrogens is 586 g/mol. The highest BCUT2D eigenvalue weighted by atomic mass is 35.5. The van der Waals surface area contributed by atoms with Gasteiger partial charge in [-0.25, -0.2) is 0 Å². The van der Waals surface area contributed by atoms with Crippen LogP contribution in [0.4, 0.5) is 13.2 Å². The molecule has 0 saturated carbocycles. The van der Waals surface area contributed by atoms with Gasteiger partial charge in [0, 0.05) is 13.1 Å². The van der Waals surface area contributed by atoms with Crippen molar-refractivity contribution >= 4 is 30.0 Å². The predicted octanol–water partition coefficient (Wildman–Crippen LogP) is 8.64. The van der Waals surface area contributed by atoms with Crippen molar-refractivity contribution in [1.29, 1.82) is 0 Å². The van der Waals surface area contributed by atoms with E-state index in [2.05, 4.69) is 11.8 Å². The van der Waals surface area contributed by atoms with Crippen LogP contribution in [0.25, 0.3) is 0 Å². The number of carboxylic acids is 1. The summed E-state index contributed by atoms with van der Waals surface area (Å²) in [7, 11) is 0. The number of hydrogen-bond acceptors (Lipinski definition) is 3. The first kappa shape index (κ1) is 33.0. The SMILES string of the molecule is CC(c1ccccc1)(c1ccccc1)N(CCCOc1cccc(CC(=O)O)c1)Cc1cccc(C(F)(F)F)c1Cl.Cl. The van der Waals surface area contributed by atoms with Crippen LogP contribution >= 0.6 is 24.0 Å². The molecule has 0 aromatic heterocycles. The second kappa shape index (κ2) is 14.6. The lowest BCUT2D eigenvalue weighted by atomic mass is 9.82. The lowest BCUT2D eigenvalue weighted by Crippen LogP contribution is -2.45. The lowest BCUT2D eigenvalue weighted by Gasteiger charge is -2.43. The summed E-state index contributed by atoms with van der Waals surface area (Å²) in [4.78, 5) is 13.2. The van der Waals surface area contributed by atoms with Crippen LogP contribution in [0, 0.1) is 0 Å². The van der Waals surface area contributed by atoms with Crippen LogP contribution in [-0.2, 0) is 29.5 Å². The van der Waals surface area contributed by atoms with Gasteiger partial charge < -0.3 is 9.84 Å². The maximum atomic E-state index is 13.7. The van der Waals surface area contributed by atoms with Crippen molar-refractivity contribution in [1.82, 2.24) is 4.90 Å². The summed E-state index contributed by atoms with van der Waals surface area (Å²) in [5.41, 5.74) is 1.41. The van der Waals surface area contributed by atoms with Crippen molar-refractivity contribution in [2.24, 2.45) is 0 Å². The van der Waals surface area contributed by atoms with E-state index in [1.165, 1.54) is 6.07 Å². The van der Waals surface area contributed by atoms with Crippen LogP contribution in [0.3, 0.4) is 0 Å². The smallest absolute Gasteiger partial charge is 0.417 e. The summed E-state index contributed by atoms with van der Waals surface area (Å²) in [6.07, 6.45) is -4.12. The van der Waals surface area contributed by atoms with E-state index in [1.54, 1.807) is 30.3 Å². The monoisotopic (exact) mass is 617 g/mol. The van der Waals surface area contributed by atoms with E-state index < -0.39 is 23.2 Å². The van der Waals surface area contributed by atoms with Gasteiger partial charge in [0.15, 0.2) is 0 Å². The second-order valence-electron chi connectivity index (χ2n) is 9.92. The number of hydrogen-bond donors (Lipinski definition) is 1. The fraction of sp³-hybridized carbons (Fsp3) is 0.242. The van der Waals surface area contributed by atoms with Gasteiger partial charge in [0.25, 0.3) is 0 Å². The lowest BCUT2D eigenvalue weighted by molar-refractivity contribution is -0.138. The van der Waals surface area contributed by atoms with Gasteiger partial charge in [0.2, 0.25) is 0 Å². The number of rotatable bonds is 12. The fourth-order valence-electron chi connectivity index (χ4n) is 5.01. The Kier molecular flexibility index (Phi) is 11.5. The molecule has 0 amide bonds. The Labute approximate surface area is 255 Å². The molecule has 0 saturated heterocycles. The summed E-state index contributed by atoms with van der Waals surface area (Å²) >= 11 is 6.36. The Morgan fingerprint density at radius 2 is 1.48 bits per heavy atom. The Balaban J connectivity index is 0.00000484. The standard InChI is InChI=1S/C33H31ClF3NO3.ClH/c1-32(26-13-4-2-5-14-26,27-15-6-3-7-16-27)38(23-25-12-9-18-29(31(25)34)33(35,36)37)19-10-20-41-28-17-8-11-24(21-28)22-30(39)40;/h2-9,11-18,21H,10,19-20,22-23H2,1H3,(H,39,40);1H. The van der Waals surface area contributed by atoms with E-state index in [0.717, 1.165) is 17.2 Å². The number of carbonyl (C=O) groups is 1. The zero-order valence-corrected chi connectivity index (χ0v) is 24.6. The molecule has 222 valence electrons. The molecule has 0 aliphatic rings. The summed E-state index contributed by atoms with van der Waals surface area (Å²) in [5, 5.41) is 8.78. The average Bonchev–Trinajstić information content (AvgIpc) is 2.95. The van der Waals surface area contributed by atoms with Gasteiger partial charge in [-0.15, -0.1) is 12.4 Å². The molecule has 0 spiro atoms. The van der Waals surface area contributed by atoms with Crippen LogP contribution in [0.5, 0.6) is 5.75 Å². The average molecular weight is 619 g/mol. The molecule has 0 heterocycles. The fourth-order valence-corrected chi connectivity index (χ4v) is 5.30. The molecule has 0 radical (unpaired) electrons. The quantitative estimate of drug-likeness (QED) is 0.162. The molecule has 4 aromatic rings. The molecular formula is C33H32Cl2F3NO3.